The summed E-state index contributed by atoms with van der Waals surface area (Å²) >= 11 is 0. The molecule has 1 saturated carbocycles. The van der Waals surface area contributed by atoms with Crippen molar-refractivity contribution in [1.82, 2.24) is 15.1 Å². The van der Waals surface area contributed by atoms with Crippen molar-refractivity contribution in [2.24, 2.45) is 0 Å². The van der Waals surface area contributed by atoms with Crippen LogP contribution in [0.25, 0.3) is 0 Å². The second-order valence-electron chi connectivity index (χ2n) is 5.82. The van der Waals surface area contributed by atoms with Gasteiger partial charge in [-0.1, -0.05) is 0 Å². The van der Waals surface area contributed by atoms with Crippen LogP contribution in [0.15, 0.2) is 0 Å². The topological polar surface area (TPSA) is 38.7 Å². The third-order valence-electron chi connectivity index (χ3n) is 4.04. The van der Waals surface area contributed by atoms with Crippen LogP contribution in [0.3, 0.4) is 0 Å². The number of aliphatic hydroxyl groups is 1. The third kappa shape index (κ3) is 4.21. The molecule has 1 heterocycles. The maximum Gasteiger partial charge on any atom is 0.0585 e. The molecule has 100 valence electrons. The molecule has 4 heteroatoms. The number of nitrogens with zero attached hydrogens (tertiary/aromatic N) is 2. The molecule has 2 rings (SSSR count). The van der Waals surface area contributed by atoms with E-state index in [2.05, 4.69) is 29.2 Å². The zero-order valence-corrected chi connectivity index (χ0v) is 11.2. The molecule has 2 aliphatic rings. The second kappa shape index (κ2) is 6.14. The van der Waals surface area contributed by atoms with E-state index in [-0.39, 0.29) is 6.61 Å². The largest absolute Gasteiger partial charge is 0.395 e. The standard InChI is InChI=1S/C13H27N3O/c1-15(2)13-6-8-16(9-13)7-5-12(10-17)14-11-3-4-11/h11-14,17H,3-10H2,1-2H3. The molecule has 0 aromatic heterocycles. The van der Waals surface area contributed by atoms with Crippen molar-refractivity contribution >= 4 is 0 Å². The van der Waals surface area contributed by atoms with Crippen molar-refractivity contribution < 1.29 is 5.11 Å². The minimum atomic E-state index is 0.279. The SMILES string of the molecule is CN(C)C1CCN(CCC(CO)NC2CC2)C1. The van der Waals surface area contributed by atoms with Gasteiger partial charge < -0.3 is 20.2 Å². The van der Waals surface area contributed by atoms with Crippen molar-refractivity contribution in [3.05, 3.63) is 0 Å². The van der Waals surface area contributed by atoms with Crippen LogP contribution in [0.4, 0.5) is 0 Å². The van der Waals surface area contributed by atoms with Gasteiger partial charge in [0, 0.05) is 24.7 Å². The Kier molecular flexibility index (Phi) is 4.79. The molecule has 2 fully saturated rings. The van der Waals surface area contributed by atoms with Crippen molar-refractivity contribution in [2.75, 3.05) is 40.3 Å². The third-order valence-corrected chi connectivity index (χ3v) is 4.04. The zero-order chi connectivity index (χ0) is 12.3. The van der Waals surface area contributed by atoms with E-state index in [1.54, 1.807) is 0 Å². The highest BCUT2D eigenvalue weighted by Crippen LogP contribution is 2.20. The minimum absolute atomic E-state index is 0.279. The van der Waals surface area contributed by atoms with Gasteiger partial charge in [-0.05, 0) is 52.9 Å². The van der Waals surface area contributed by atoms with Gasteiger partial charge in [0.25, 0.3) is 0 Å². The normalized spacial score (nSPS) is 27.9. The molecule has 2 atom stereocenters. The summed E-state index contributed by atoms with van der Waals surface area (Å²) in [7, 11) is 4.33. The number of aliphatic hydroxyl groups excluding tert-OH is 1. The fraction of sp³-hybridized carbons (Fsp3) is 1.00. The highest BCUT2D eigenvalue weighted by Gasteiger charge is 2.26. The van der Waals surface area contributed by atoms with E-state index in [1.807, 2.05) is 0 Å². The number of hydrogen-bond acceptors (Lipinski definition) is 4. The summed E-state index contributed by atoms with van der Waals surface area (Å²) < 4.78 is 0. The van der Waals surface area contributed by atoms with Gasteiger partial charge >= 0.3 is 0 Å². The molecule has 0 radical (unpaired) electrons. The Morgan fingerprint density at radius 1 is 1.35 bits per heavy atom. The van der Waals surface area contributed by atoms with E-state index in [4.69, 9.17) is 0 Å². The van der Waals surface area contributed by atoms with Crippen LogP contribution in [-0.4, -0.2) is 73.4 Å². The van der Waals surface area contributed by atoms with Gasteiger partial charge in [0.15, 0.2) is 0 Å². The average molecular weight is 241 g/mol. The first kappa shape index (κ1) is 13.3. The Balaban J connectivity index is 1.63. The van der Waals surface area contributed by atoms with E-state index in [1.165, 1.54) is 32.4 Å². The lowest BCUT2D eigenvalue weighted by Gasteiger charge is -2.22. The molecule has 17 heavy (non-hydrogen) atoms. The van der Waals surface area contributed by atoms with Crippen LogP contribution in [-0.2, 0) is 0 Å². The van der Waals surface area contributed by atoms with Crippen molar-refractivity contribution in [3.8, 4) is 0 Å². The number of rotatable bonds is 7. The van der Waals surface area contributed by atoms with Crippen molar-refractivity contribution in [2.45, 2.75) is 43.8 Å². The van der Waals surface area contributed by atoms with Gasteiger partial charge in [0.1, 0.15) is 0 Å². The first-order valence-corrected chi connectivity index (χ1v) is 6.94. The van der Waals surface area contributed by atoms with E-state index in [0.29, 0.717) is 12.1 Å². The van der Waals surface area contributed by atoms with E-state index in [9.17, 15) is 5.11 Å². The van der Waals surface area contributed by atoms with Gasteiger partial charge in [-0.3, -0.25) is 0 Å². The number of nitrogens with one attached hydrogen (secondary N) is 1. The maximum absolute atomic E-state index is 9.33. The molecule has 4 nitrogen and oxygen atoms in total. The molecule has 0 aromatic rings. The summed E-state index contributed by atoms with van der Waals surface area (Å²) in [6.45, 7) is 3.80. The fourth-order valence-corrected chi connectivity index (χ4v) is 2.59. The lowest BCUT2D eigenvalue weighted by molar-refractivity contribution is 0.210. The van der Waals surface area contributed by atoms with Gasteiger partial charge in [-0.2, -0.15) is 0 Å². The Hall–Kier alpha value is -0.160. The van der Waals surface area contributed by atoms with Crippen molar-refractivity contribution in [3.63, 3.8) is 0 Å². The first-order valence-electron chi connectivity index (χ1n) is 6.94. The first-order chi connectivity index (χ1) is 8.19. The summed E-state index contributed by atoms with van der Waals surface area (Å²) in [5.74, 6) is 0. The van der Waals surface area contributed by atoms with Crippen LogP contribution in [0.5, 0.6) is 0 Å². The van der Waals surface area contributed by atoms with Gasteiger partial charge in [0.2, 0.25) is 0 Å². The van der Waals surface area contributed by atoms with Crippen LogP contribution in [0.2, 0.25) is 0 Å². The lowest BCUT2D eigenvalue weighted by atomic mass is 10.2. The average Bonchev–Trinajstić information content (AvgIpc) is 2.99. The Labute approximate surface area is 105 Å². The van der Waals surface area contributed by atoms with Gasteiger partial charge in [0.05, 0.1) is 6.61 Å². The molecule has 1 aliphatic carbocycles. The highest BCUT2D eigenvalue weighted by molar-refractivity contribution is 4.86. The molecule has 1 saturated heterocycles. The summed E-state index contributed by atoms with van der Waals surface area (Å²) in [4.78, 5) is 4.86. The van der Waals surface area contributed by atoms with Gasteiger partial charge in [-0.15, -0.1) is 0 Å². The zero-order valence-electron chi connectivity index (χ0n) is 11.2. The summed E-state index contributed by atoms with van der Waals surface area (Å²) in [5, 5.41) is 12.8. The molecule has 0 bridgehead atoms. The maximum atomic E-state index is 9.33. The predicted octanol–water partition coefficient (Wildman–Crippen LogP) is 0.125. The molecule has 0 spiro atoms. The number of likely N-dealkylation sites (tertiary alicyclic amines) is 1. The summed E-state index contributed by atoms with van der Waals surface area (Å²) in [6.07, 6.45) is 4.95. The Morgan fingerprint density at radius 2 is 2.12 bits per heavy atom. The Bertz CT molecular complexity index is 231. The van der Waals surface area contributed by atoms with Crippen LogP contribution in [0.1, 0.15) is 25.7 Å². The molecule has 0 aromatic carbocycles. The lowest BCUT2D eigenvalue weighted by Crippen LogP contribution is -2.38. The highest BCUT2D eigenvalue weighted by atomic mass is 16.3. The van der Waals surface area contributed by atoms with Crippen LogP contribution >= 0.6 is 0 Å². The monoisotopic (exact) mass is 241 g/mol. The summed E-state index contributed by atoms with van der Waals surface area (Å²) in [5.41, 5.74) is 0. The fourth-order valence-electron chi connectivity index (χ4n) is 2.59. The van der Waals surface area contributed by atoms with Crippen LogP contribution < -0.4 is 5.32 Å². The molecule has 1 aliphatic heterocycles. The molecular formula is C13H27N3O. The number of hydrogen-bond donors (Lipinski definition) is 2. The quantitative estimate of drug-likeness (QED) is 0.664. The smallest absolute Gasteiger partial charge is 0.0585 e. The minimum Gasteiger partial charge on any atom is -0.395 e. The molecule has 2 N–H and O–H groups in total. The van der Waals surface area contributed by atoms with E-state index >= 15 is 0 Å². The molecule has 0 amide bonds. The molecular weight excluding hydrogens is 214 g/mol. The second-order valence-corrected chi connectivity index (χ2v) is 5.82. The van der Waals surface area contributed by atoms with Crippen LogP contribution in [0, 0.1) is 0 Å². The van der Waals surface area contributed by atoms with E-state index < -0.39 is 0 Å². The predicted molar refractivity (Wildman–Crippen MR) is 70.2 cm³/mol. The van der Waals surface area contributed by atoms with E-state index in [0.717, 1.165) is 19.0 Å². The molecule has 2 unspecified atom stereocenters. The van der Waals surface area contributed by atoms with Gasteiger partial charge in [-0.25, -0.2) is 0 Å². The number of likely N-dealkylation sites (N-methyl/N-ethyl adjacent to an activating group) is 1. The van der Waals surface area contributed by atoms with Crippen molar-refractivity contribution in [1.29, 1.82) is 0 Å². The summed E-state index contributed by atoms with van der Waals surface area (Å²) in [6, 6.07) is 1.72. The Morgan fingerprint density at radius 3 is 2.65 bits per heavy atom.